The van der Waals surface area contributed by atoms with Crippen LogP contribution in [0.25, 0.3) is 0 Å². The van der Waals surface area contributed by atoms with Crippen molar-refractivity contribution in [3.8, 4) is 46.0 Å². The van der Waals surface area contributed by atoms with Crippen molar-refractivity contribution in [2.24, 2.45) is 28.7 Å². The Kier molecular flexibility index (Phi) is 28.7. The van der Waals surface area contributed by atoms with E-state index in [4.69, 9.17) is 79.7 Å². The van der Waals surface area contributed by atoms with Crippen molar-refractivity contribution in [2.75, 3.05) is 38.5 Å². The Morgan fingerprint density at radius 1 is 0.531 bits per heavy atom. The quantitative estimate of drug-likeness (QED) is 0.0496. The number of aromatic hydroxyl groups is 8. The lowest BCUT2D eigenvalue weighted by Gasteiger charge is -2.16. The van der Waals surface area contributed by atoms with Crippen LogP contribution in [0.3, 0.4) is 0 Å². The predicted octanol–water partition coefficient (Wildman–Crippen LogP) is 0.190. The second-order valence-electron chi connectivity index (χ2n) is 13.3. The molecule has 22 N–H and O–H groups in total. The van der Waals surface area contributed by atoms with Crippen LogP contribution in [0.5, 0.6) is 46.0 Å². The van der Waals surface area contributed by atoms with Gasteiger partial charge >= 0.3 is 11.9 Å². The molecule has 0 radical (unpaired) electrons. The molecule has 0 saturated carbocycles. The van der Waals surface area contributed by atoms with Crippen molar-refractivity contribution in [1.82, 2.24) is 10.6 Å². The van der Waals surface area contributed by atoms with Gasteiger partial charge in [0.15, 0.2) is 46.0 Å². The zero-order valence-corrected chi connectivity index (χ0v) is 35.9. The lowest BCUT2D eigenvalue weighted by Crippen LogP contribution is -2.49. The summed E-state index contributed by atoms with van der Waals surface area (Å²) in [5, 5.41) is 93.2. The first-order chi connectivity index (χ1) is 30.2. The summed E-state index contributed by atoms with van der Waals surface area (Å²) in [6, 6.07) is 16.7. The molecule has 0 heterocycles. The van der Waals surface area contributed by atoms with Gasteiger partial charge in [0.25, 0.3) is 0 Å². The van der Waals surface area contributed by atoms with E-state index in [9.17, 15) is 19.2 Å². The van der Waals surface area contributed by atoms with Gasteiger partial charge in [-0.25, -0.2) is 0 Å². The normalized spacial score (nSPS) is 10.9. The molecule has 0 aliphatic carbocycles. The molecule has 4 aromatic rings. The van der Waals surface area contributed by atoms with E-state index in [1.807, 2.05) is 0 Å². The second-order valence-corrected chi connectivity index (χ2v) is 13.7. The summed E-state index contributed by atoms with van der Waals surface area (Å²) >= 11 is 3.87. The van der Waals surface area contributed by atoms with Crippen LogP contribution >= 0.6 is 12.6 Å². The van der Waals surface area contributed by atoms with Crippen LogP contribution in [0.15, 0.2) is 72.8 Å². The van der Waals surface area contributed by atoms with E-state index in [-0.39, 0.29) is 64.6 Å². The Hall–Kier alpha value is -6.69. The molecule has 0 aliphatic rings. The molecule has 21 nitrogen and oxygen atoms in total. The zero-order valence-electron chi connectivity index (χ0n) is 35.0. The average Bonchev–Trinajstić information content (AvgIpc) is 3.25. The van der Waals surface area contributed by atoms with Gasteiger partial charge in [-0.1, -0.05) is 24.3 Å². The van der Waals surface area contributed by atoms with Gasteiger partial charge in [0.2, 0.25) is 11.8 Å². The Labute approximate surface area is 375 Å². The van der Waals surface area contributed by atoms with Gasteiger partial charge in [-0.05, 0) is 129 Å². The van der Waals surface area contributed by atoms with E-state index in [0.29, 0.717) is 51.9 Å². The van der Waals surface area contributed by atoms with Crippen molar-refractivity contribution in [3.05, 3.63) is 95.1 Å². The summed E-state index contributed by atoms with van der Waals surface area (Å²) in [5.74, 6) is -4.42. The average molecular weight is 920 g/mol. The maximum Gasteiger partial charge on any atom is 0.322 e. The van der Waals surface area contributed by atoms with Gasteiger partial charge in [-0.15, -0.1) is 0 Å². The number of carboxylic acids is 2. The third kappa shape index (κ3) is 24.7. The van der Waals surface area contributed by atoms with E-state index in [0.717, 1.165) is 22.3 Å². The summed E-state index contributed by atoms with van der Waals surface area (Å²) in [6.45, 7) is 1.62. The van der Waals surface area contributed by atoms with Crippen LogP contribution < -0.4 is 39.3 Å². The molecule has 2 amide bonds. The first-order valence-corrected chi connectivity index (χ1v) is 20.1. The third-order valence-corrected chi connectivity index (χ3v) is 8.50. The number of nitrogens with two attached hydrogens (primary N) is 5. The van der Waals surface area contributed by atoms with Crippen LogP contribution in [-0.2, 0) is 44.9 Å². The molecule has 0 aliphatic heterocycles. The van der Waals surface area contributed by atoms with Gasteiger partial charge in [0.1, 0.15) is 18.6 Å². The fraction of sp³-hybridized carbons (Fsp3) is 0.333. The van der Waals surface area contributed by atoms with Crippen molar-refractivity contribution >= 4 is 36.4 Å². The van der Waals surface area contributed by atoms with Crippen molar-refractivity contribution in [2.45, 2.75) is 50.6 Å². The molecule has 22 heteroatoms. The SMILES string of the molecule is NCCc1ccc(O)c(O)c1.NCCc1ccc(O)c(O)c1.NCCc1ccc(O)c(O)c1.NCCc1ccc(O)c(O)c1.N[C@@H](CCC(=O)N[C@@H](CS)C(=O)NCC(=O)O)C(=O)O. The number of benzene rings is 4. The fourth-order valence-corrected chi connectivity index (χ4v) is 4.98. The van der Waals surface area contributed by atoms with Crippen molar-refractivity contribution < 1.29 is 70.2 Å². The third-order valence-electron chi connectivity index (χ3n) is 8.14. The molecular weight excluding hydrogens is 859 g/mol. The summed E-state index contributed by atoms with van der Waals surface area (Å²) in [4.78, 5) is 43.7. The smallest absolute Gasteiger partial charge is 0.322 e. The molecule has 2 atom stereocenters. The van der Waals surface area contributed by atoms with Crippen LogP contribution in [0.2, 0.25) is 0 Å². The number of hydrogen-bond donors (Lipinski definition) is 18. The van der Waals surface area contributed by atoms with Crippen molar-refractivity contribution in [3.63, 3.8) is 0 Å². The number of phenols is 8. The Balaban J connectivity index is 0.000000795. The number of nitrogens with one attached hydrogen (secondary N) is 2. The molecule has 0 saturated heterocycles. The van der Waals surface area contributed by atoms with Crippen LogP contribution in [0.1, 0.15) is 35.1 Å². The molecule has 0 unspecified atom stereocenters. The number of carbonyl (C=O) groups excluding carboxylic acids is 2. The summed E-state index contributed by atoms with van der Waals surface area (Å²) in [7, 11) is 0. The van der Waals surface area contributed by atoms with E-state index >= 15 is 0 Å². The van der Waals surface area contributed by atoms with E-state index in [1.165, 1.54) is 48.5 Å². The first kappa shape index (κ1) is 57.3. The summed E-state index contributed by atoms with van der Waals surface area (Å²) in [6.07, 6.45) is 2.63. The summed E-state index contributed by atoms with van der Waals surface area (Å²) < 4.78 is 0. The monoisotopic (exact) mass is 919 g/mol. The minimum absolute atomic E-state index is 0.0256. The lowest BCUT2D eigenvalue weighted by molar-refractivity contribution is -0.139. The highest BCUT2D eigenvalue weighted by atomic mass is 32.1. The maximum atomic E-state index is 11.5. The Bertz CT molecular complexity index is 1830. The maximum absolute atomic E-state index is 11.5. The van der Waals surface area contributed by atoms with Gasteiger partial charge < -0.3 is 90.4 Å². The highest BCUT2D eigenvalue weighted by molar-refractivity contribution is 7.80. The van der Waals surface area contributed by atoms with Gasteiger partial charge in [-0.2, -0.15) is 12.6 Å². The largest absolute Gasteiger partial charge is 0.504 e. The number of rotatable bonds is 17. The number of aliphatic carboxylic acids is 2. The van der Waals surface area contributed by atoms with Crippen LogP contribution in [0, 0.1) is 0 Å². The number of thiol groups is 1. The molecule has 0 aromatic heterocycles. The van der Waals surface area contributed by atoms with E-state index < -0.39 is 42.4 Å². The van der Waals surface area contributed by atoms with Gasteiger partial charge in [-0.3, -0.25) is 19.2 Å². The molecule has 0 spiro atoms. The van der Waals surface area contributed by atoms with Crippen molar-refractivity contribution in [1.29, 1.82) is 0 Å². The Morgan fingerprint density at radius 3 is 1.08 bits per heavy atom. The standard InChI is InChI=1S/C10H17N3O6S.4C8H11NO2/c11-5(10(18)19)1-2-7(14)13-6(4-20)9(17)12-3-8(15)16;4*9-4-3-6-1-2-7(10)8(11)5-6/h5-6,20H,1-4,11H2,(H,12,17)(H,13,14)(H,15,16)(H,18,19);4*1-2,5,10-11H,3-4,9H2/t5-,6-;;;;/m0..../s1. The predicted molar refractivity (Wildman–Crippen MR) is 241 cm³/mol. The fourth-order valence-electron chi connectivity index (χ4n) is 4.72. The number of carbonyl (C=O) groups is 4. The number of phenolic OH excluding ortho intramolecular Hbond substituents is 8. The Morgan fingerprint density at radius 2 is 0.844 bits per heavy atom. The molecule has 4 rings (SSSR count). The number of amides is 2. The number of carboxylic acid groups (broad SMARTS) is 2. The lowest BCUT2D eigenvalue weighted by atomic mass is 10.1. The minimum Gasteiger partial charge on any atom is -0.504 e. The van der Waals surface area contributed by atoms with E-state index in [2.05, 4.69) is 23.3 Å². The van der Waals surface area contributed by atoms with Gasteiger partial charge in [0, 0.05) is 12.2 Å². The molecule has 0 bridgehead atoms. The molecular formula is C42H61N7O14S. The zero-order chi connectivity index (χ0) is 48.8. The highest BCUT2D eigenvalue weighted by Crippen LogP contribution is 2.27. The topological polar surface area (TPSA) is 425 Å². The molecule has 0 fully saturated rings. The summed E-state index contributed by atoms with van der Waals surface area (Å²) in [5.41, 5.74) is 30.2. The highest BCUT2D eigenvalue weighted by Gasteiger charge is 2.21. The molecule has 64 heavy (non-hydrogen) atoms. The van der Waals surface area contributed by atoms with E-state index in [1.54, 1.807) is 24.3 Å². The number of hydrogen-bond acceptors (Lipinski definition) is 18. The van der Waals surface area contributed by atoms with Crippen LogP contribution in [0.4, 0.5) is 0 Å². The van der Waals surface area contributed by atoms with Crippen LogP contribution in [-0.4, -0.2) is 125 Å². The first-order valence-electron chi connectivity index (χ1n) is 19.4. The molecule has 4 aromatic carbocycles. The van der Waals surface area contributed by atoms with Gasteiger partial charge in [0.05, 0.1) is 0 Å². The second kappa shape index (κ2) is 32.1. The molecule has 354 valence electrons. The minimum atomic E-state index is -1.22.